The lowest BCUT2D eigenvalue weighted by Gasteiger charge is -2.24. The van der Waals surface area contributed by atoms with E-state index in [2.05, 4.69) is 4.98 Å². The second-order valence-corrected chi connectivity index (χ2v) is 3.87. The quantitative estimate of drug-likeness (QED) is 0.732. The molecule has 1 aliphatic rings. The van der Waals surface area contributed by atoms with Gasteiger partial charge in [-0.05, 0) is 12.8 Å². The molecule has 1 aliphatic carbocycles. The lowest BCUT2D eigenvalue weighted by Crippen LogP contribution is -2.19. The molecule has 2 rings (SSSR count). The number of nitrogens with zero attached hydrogens (tertiary/aromatic N) is 2. The standard InChI is InChI=1S/C10H15N3O/c11-9-6-13(7-12-10(9)14)8-4-2-1-3-5-8/h6-8H,1-5,11H2. The van der Waals surface area contributed by atoms with Gasteiger partial charge in [0.2, 0.25) is 0 Å². The summed E-state index contributed by atoms with van der Waals surface area (Å²) in [6, 6.07) is 0.485. The van der Waals surface area contributed by atoms with E-state index in [1.165, 1.54) is 32.1 Å². The van der Waals surface area contributed by atoms with E-state index < -0.39 is 0 Å². The molecule has 1 heterocycles. The van der Waals surface area contributed by atoms with E-state index in [4.69, 9.17) is 5.73 Å². The first kappa shape index (κ1) is 9.24. The van der Waals surface area contributed by atoms with E-state index in [0.29, 0.717) is 6.04 Å². The van der Waals surface area contributed by atoms with Gasteiger partial charge in [0, 0.05) is 12.2 Å². The van der Waals surface area contributed by atoms with Gasteiger partial charge in [-0.3, -0.25) is 4.79 Å². The molecule has 0 atom stereocenters. The predicted octanol–water partition coefficient (Wildman–Crippen LogP) is 1.33. The zero-order valence-electron chi connectivity index (χ0n) is 8.15. The van der Waals surface area contributed by atoms with Gasteiger partial charge < -0.3 is 10.3 Å². The number of nitrogen functional groups attached to an aromatic ring is 1. The predicted molar refractivity (Wildman–Crippen MR) is 55.0 cm³/mol. The van der Waals surface area contributed by atoms with Crippen molar-refractivity contribution < 1.29 is 0 Å². The van der Waals surface area contributed by atoms with Crippen LogP contribution in [0.2, 0.25) is 0 Å². The third-order valence-corrected chi connectivity index (χ3v) is 2.84. The second-order valence-electron chi connectivity index (χ2n) is 3.87. The highest BCUT2D eigenvalue weighted by Crippen LogP contribution is 2.27. The summed E-state index contributed by atoms with van der Waals surface area (Å²) >= 11 is 0. The molecule has 0 spiro atoms. The Morgan fingerprint density at radius 2 is 2.07 bits per heavy atom. The molecular weight excluding hydrogens is 178 g/mol. The number of nitrogens with two attached hydrogens (primary N) is 1. The zero-order valence-corrected chi connectivity index (χ0v) is 8.15. The molecule has 1 fully saturated rings. The lowest BCUT2D eigenvalue weighted by atomic mass is 9.95. The summed E-state index contributed by atoms with van der Waals surface area (Å²) in [5, 5.41) is 0. The third-order valence-electron chi connectivity index (χ3n) is 2.84. The van der Waals surface area contributed by atoms with E-state index in [9.17, 15) is 4.79 Å². The Bertz CT molecular complexity index is 366. The Morgan fingerprint density at radius 3 is 2.71 bits per heavy atom. The molecule has 1 aromatic heterocycles. The van der Waals surface area contributed by atoms with Gasteiger partial charge in [-0.25, -0.2) is 0 Å². The Morgan fingerprint density at radius 1 is 1.36 bits per heavy atom. The van der Waals surface area contributed by atoms with Crippen molar-refractivity contribution in [2.24, 2.45) is 0 Å². The first-order chi connectivity index (χ1) is 6.77. The summed E-state index contributed by atoms with van der Waals surface area (Å²) in [7, 11) is 0. The van der Waals surface area contributed by atoms with Crippen LogP contribution >= 0.6 is 0 Å². The lowest BCUT2D eigenvalue weighted by molar-refractivity contribution is 0.349. The van der Waals surface area contributed by atoms with Crippen LogP contribution in [0.1, 0.15) is 38.1 Å². The van der Waals surface area contributed by atoms with E-state index in [1.807, 2.05) is 4.57 Å². The van der Waals surface area contributed by atoms with Gasteiger partial charge in [-0.2, -0.15) is 4.98 Å². The maximum absolute atomic E-state index is 11.0. The molecule has 0 aliphatic heterocycles. The number of aromatic nitrogens is 2. The molecular formula is C10H15N3O. The van der Waals surface area contributed by atoms with Crippen molar-refractivity contribution in [2.75, 3.05) is 5.73 Å². The summed E-state index contributed by atoms with van der Waals surface area (Å²) in [5.41, 5.74) is 5.46. The first-order valence-corrected chi connectivity index (χ1v) is 5.10. The zero-order chi connectivity index (χ0) is 9.97. The molecule has 4 heteroatoms. The van der Waals surface area contributed by atoms with Gasteiger partial charge in [0.05, 0.1) is 6.33 Å². The van der Waals surface area contributed by atoms with E-state index in [0.717, 1.165) is 0 Å². The van der Waals surface area contributed by atoms with Crippen molar-refractivity contribution in [1.29, 1.82) is 0 Å². The van der Waals surface area contributed by atoms with Gasteiger partial charge in [-0.15, -0.1) is 0 Å². The van der Waals surface area contributed by atoms with Crippen molar-refractivity contribution in [3.63, 3.8) is 0 Å². The molecule has 0 amide bonds. The average molecular weight is 193 g/mol. The Labute approximate surface area is 82.8 Å². The number of rotatable bonds is 1. The molecule has 0 aromatic carbocycles. The van der Waals surface area contributed by atoms with Crippen molar-refractivity contribution in [2.45, 2.75) is 38.1 Å². The summed E-state index contributed by atoms with van der Waals surface area (Å²) in [6.07, 6.45) is 9.50. The fourth-order valence-electron chi connectivity index (χ4n) is 2.02. The molecule has 76 valence electrons. The van der Waals surface area contributed by atoms with Crippen molar-refractivity contribution >= 4 is 5.69 Å². The largest absolute Gasteiger partial charge is 0.393 e. The monoisotopic (exact) mass is 193 g/mol. The van der Waals surface area contributed by atoms with Crippen LogP contribution in [-0.2, 0) is 0 Å². The van der Waals surface area contributed by atoms with Crippen molar-refractivity contribution in [3.05, 3.63) is 22.9 Å². The number of hydrogen-bond donors (Lipinski definition) is 1. The fourth-order valence-corrected chi connectivity index (χ4v) is 2.02. The third kappa shape index (κ3) is 1.78. The van der Waals surface area contributed by atoms with Crippen LogP contribution in [0.5, 0.6) is 0 Å². The number of hydrogen-bond acceptors (Lipinski definition) is 3. The SMILES string of the molecule is Nc1cn(C2CCCCC2)cnc1=O. The van der Waals surface area contributed by atoms with Gasteiger partial charge >= 0.3 is 0 Å². The van der Waals surface area contributed by atoms with Crippen LogP contribution < -0.4 is 11.3 Å². The molecule has 14 heavy (non-hydrogen) atoms. The Hall–Kier alpha value is -1.32. The minimum absolute atomic E-state index is 0.248. The maximum Gasteiger partial charge on any atom is 0.295 e. The Balaban J connectivity index is 2.22. The van der Waals surface area contributed by atoms with Crippen LogP contribution in [0, 0.1) is 0 Å². The van der Waals surface area contributed by atoms with Gasteiger partial charge in [-0.1, -0.05) is 19.3 Å². The van der Waals surface area contributed by atoms with Crippen molar-refractivity contribution in [3.8, 4) is 0 Å². The molecule has 1 aromatic rings. The van der Waals surface area contributed by atoms with Crippen molar-refractivity contribution in [1.82, 2.24) is 9.55 Å². The maximum atomic E-state index is 11.0. The number of anilines is 1. The first-order valence-electron chi connectivity index (χ1n) is 5.10. The van der Waals surface area contributed by atoms with Crippen LogP contribution in [0.25, 0.3) is 0 Å². The van der Waals surface area contributed by atoms with Gasteiger partial charge in [0.25, 0.3) is 5.56 Å². The van der Waals surface area contributed by atoms with E-state index in [-0.39, 0.29) is 11.2 Å². The fraction of sp³-hybridized carbons (Fsp3) is 0.600. The van der Waals surface area contributed by atoms with Crippen LogP contribution in [-0.4, -0.2) is 9.55 Å². The average Bonchev–Trinajstić information content (AvgIpc) is 2.23. The Kier molecular flexibility index (Phi) is 2.52. The summed E-state index contributed by atoms with van der Waals surface area (Å²) < 4.78 is 1.98. The topological polar surface area (TPSA) is 60.9 Å². The van der Waals surface area contributed by atoms with Crippen LogP contribution in [0.4, 0.5) is 5.69 Å². The highest BCUT2D eigenvalue weighted by Gasteiger charge is 2.14. The summed E-state index contributed by atoms with van der Waals surface area (Å²) in [5.74, 6) is 0. The molecule has 2 N–H and O–H groups in total. The summed E-state index contributed by atoms with van der Waals surface area (Å²) in [4.78, 5) is 14.7. The minimum Gasteiger partial charge on any atom is -0.393 e. The normalized spacial score (nSPS) is 18.3. The van der Waals surface area contributed by atoms with Gasteiger partial charge in [0.1, 0.15) is 5.69 Å². The second kappa shape index (κ2) is 3.82. The molecule has 0 saturated heterocycles. The molecule has 0 radical (unpaired) electrons. The summed E-state index contributed by atoms with van der Waals surface area (Å²) in [6.45, 7) is 0. The molecule has 0 bridgehead atoms. The highest BCUT2D eigenvalue weighted by atomic mass is 16.1. The smallest absolute Gasteiger partial charge is 0.295 e. The van der Waals surface area contributed by atoms with E-state index >= 15 is 0 Å². The highest BCUT2D eigenvalue weighted by molar-refractivity contribution is 5.30. The molecule has 1 saturated carbocycles. The van der Waals surface area contributed by atoms with E-state index in [1.54, 1.807) is 12.5 Å². The van der Waals surface area contributed by atoms with Crippen LogP contribution in [0.3, 0.4) is 0 Å². The van der Waals surface area contributed by atoms with Gasteiger partial charge in [0.15, 0.2) is 0 Å². The minimum atomic E-state index is -0.322. The van der Waals surface area contributed by atoms with Crippen LogP contribution in [0.15, 0.2) is 17.3 Å². The molecule has 0 unspecified atom stereocenters. The molecule has 4 nitrogen and oxygen atoms in total.